The maximum Gasteiger partial charge on any atom is 0.234 e. The monoisotopic (exact) mass is 224 g/mol. The molecule has 1 amide bonds. The van der Waals surface area contributed by atoms with Crippen molar-refractivity contribution >= 4 is 5.91 Å². The zero-order valence-corrected chi connectivity index (χ0v) is 10.7. The predicted octanol–water partition coefficient (Wildman–Crippen LogP) is 1.68. The Hall–Kier alpha value is -1.01. The third-order valence-electron chi connectivity index (χ3n) is 2.57. The molecule has 0 aliphatic carbocycles. The summed E-state index contributed by atoms with van der Waals surface area (Å²) in [7, 11) is 0. The molecule has 0 saturated carbocycles. The van der Waals surface area contributed by atoms with Gasteiger partial charge in [-0.2, -0.15) is 0 Å². The van der Waals surface area contributed by atoms with E-state index in [1.54, 1.807) is 0 Å². The van der Waals surface area contributed by atoms with Crippen LogP contribution < -0.4 is 10.6 Å². The van der Waals surface area contributed by atoms with Gasteiger partial charge in [0.15, 0.2) is 0 Å². The summed E-state index contributed by atoms with van der Waals surface area (Å²) in [6.45, 7) is 7.35. The smallest absolute Gasteiger partial charge is 0.234 e. The van der Waals surface area contributed by atoms with Crippen LogP contribution in [0.5, 0.6) is 0 Å². The van der Waals surface area contributed by atoms with Gasteiger partial charge in [0.05, 0.1) is 6.54 Å². The van der Waals surface area contributed by atoms with Gasteiger partial charge in [0.25, 0.3) is 0 Å². The summed E-state index contributed by atoms with van der Waals surface area (Å²) in [5.74, 6) is 2.66. The lowest BCUT2D eigenvalue weighted by molar-refractivity contribution is -0.121. The first-order valence-corrected chi connectivity index (χ1v) is 5.97. The molecule has 0 aromatic heterocycles. The molecule has 0 unspecified atom stereocenters. The van der Waals surface area contributed by atoms with E-state index in [2.05, 4.69) is 23.5 Å². The first kappa shape index (κ1) is 15.0. The molecule has 0 rings (SSSR count). The van der Waals surface area contributed by atoms with Gasteiger partial charge >= 0.3 is 0 Å². The lowest BCUT2D eigenvalue weighted by Gasteiger charge is -2.24. The van der Waals surface area contributed by atoms with Crippen molar-refractivity contribution < 1.29 is 4.79 Å². The van der Waals surface area contributed by atoms with E-state index >= 15 is 0 Å². The van der Waals surface area contributed by atoms with Gasteiger partial charge in [0.1, 0.15) is 0 Å². The molecule has 0 aromatic carbocycles. The molecule has 16 heavy (non-hydrogen) atoms. The van der Waals surface area contributed by atoms with Crippen LogP contribution in [0.2, 0.25) is 0 Å². The Kier molecular flexibility index (Phi) is 7.66. The van der Waals surface area contributed by atoms with Crippen molar-refractivity contribution in [3.8, 4) is 12.3 Å². The number of hydrogen-bond donors (Lipinski definition) is 2. The van der Waals surface area contributed by atoms with Gasteiger partial charge in [-0.25, -0.2) is 0 Å². The molecule has 3 heteroatoms. The van der Waals surface area contributed by atoms with E-state index in [4.69, 9.17) is 6.42 Å². The van der Waals surface area contributed by atoms with Crippen LogP contribution in [-0.4, -0.2) is 24.5 Å². The first-order valence-electron chi connectivity index (χ1n) is 5.97. The minimum Gasteiger partial charge on any atom is -0.350 e. The predicted molar refractivity (Wildman–Crippen MR) is 68.1 cm³/mol. The average molecular weight is 224 g/mol. The highest BCUT2D eigenvalue weighted by Crippen LogP contribution is 2.05. The van der Waals surface area contributed by atoms with Crippen molar-refractivity contribution in [3.05, 3.63) is 0 Å². The normalized spacial score (nSPS) is 10.9. The lowest BCUT2D eigenvalue weighted by Crippen LogP contribution is -2.46. The van der Waals surface area contributed by atoms with Gasteiger partial charge in [-0.15, -0.1) is 12.3 Å². The van der Waals surface area contributed by atoms with E-state index in [1.807, 2.05) is 13.8 Å². The number of unbranched alkanes of at least 4 members (excludes halogenated alkanes) is 2. The number of nitrogens with one attached hydrogen (secondary N) is 2. The number of amides is 1. The molecule has 0 fully saturated rings. The Morgan fingerprint density at radius 3 is 2.62 bits per heavy atom. The van der Waals surface area contributed by atoms with Crippen molar-refractivity contribution in [2.45, 2.75) is 52.0 Å². The van der Waals surface area contributed by atoms with Crippen LogP contribution in [0.15, 0.2) is 0 Å². The number of carbonyl (C=O) groups is 1. The maximum absolute atomic E-state index is 11.5. The van der Waals surface area contributed by atoms with Gasteiger partial charge in [0.2, 0.25) is 5.91 Å². The molecule has 0 spiro atoms. The number of terminal acetylenes is 1. The third kappa shape index (κ3) is 8.31. The first-order chi connectivity index (χ1) is 7.52. The van der Waals surface area contributed by atoms with E-state index in [1.165, 1.54) is 0 Å². The Bertz CT molecular complexity index is 241. The fraction of sp³-hybridized carbons (Fsp3) is 0.769. The molecule has 0 aliphatic heterocycles. The molecule has 3 nitrogen and oxygen atoms in total. The Labute approximate surface area is 99.4 Å². The molecule has 0 heterocycles. The third-order valence-corrected chi connectivity index (χ3v) is 2.57. The highest BCUT2D eigenvalue weighted by Gasteiger charge is 2.16. The second kappa shape index (κ2) is 8.18. The summed E-state index contributed by atoms with van der Waals surface area (Å²) in [5, 5.41) is 6.08. The van der Waals surface area contributed by atoms with E-state index < -0.39 is 0 Å². The number of hydrogen-bond acceptors (Lipinski definition) is 2. The Balaban J connectivity index is 3.49. The molecule has 0 bridgehead atoms. The van der Waals surface area contributed by atoms with Gasteiger partial charge in [-0.3, -0.25) is 4.79 Å². The van der Waals surface area contributed by atoms with Crippen LogP contribution >= 0.6 is 0 Å². The van der Waals surface area contributed by atoms with E-state index in [-0.39, 0.29) is 11.4 Å². The Morgan fingerprint density at radius 2 is 2.06 bits per heavy atom. The van der Waals surface area contributed by atoms with E-state index in [0.717, 1.165) is 32.2 Å². The molecule has 0 radical (unpaired) electrons. The molecular formula is C13H24N2O. The fourth-order valence-electron chi connectivity index (χ4n) is 1.19. The SMILES string of the molecule is C#CCCCCNCC(=O)NC(C)(C)CC. The van der Waals surface area contributed by atoms with Crippen LogP contribution in [0, 0.1) is 12.3 Å². The van der Waals surface area contributed by atoms with Gasteiger partial charge < -0.3 is 10.6 Å². The van der Waals surface area contributed by atoms with Crippen molar-refractivity contribution in [1.82, 2.24) is 10.6 Å². The van der Waals surface area contributed by atoms with Crippen molar-refractivity contribution in [2.75, 3.05) is 13.1 Å². The standard InChI is InChI=1S/C13H24N2O/c1-5-7-8-9-10-14-11-12(16)15-13(3,4)6-2/h1,14H,6-11H2,2-4H3,(H,15,16). The molecule has 0 aromatic rings. The molecule has 92 valence electrons. The number of carbonyl (C=O) groups excluding carboxylic acids is 1. The summed E-state index contributed by atoms with van der Waals surface area (Å²) >= 11 is 0. The molecule has 0 atom stereocenters. The second-order valence-electron chi connectivity index (χ2n) is 4.62. The highest BCUT2D eigenvalue weighted by molar-refractivity contribution is 5.78. The summed E-state index contributed by atoms with van der Waals surface area (Å²) in [6, 6.07) is 0. The zero-order valence-electron chi connectivity index (χ0n) is 10.7. The minimum absolute atomic E-state index is 0.0591. The summed E-state index contributed by atoms with van der Waals surface area (Å²) in [4.78, 5) is 11.5. The van der Waals surface area contributed by atoms with E-state index in [0.29, 0.717) is 6.54 Å². The topological polar surface area (TPSA) is 41.1 Å². The maximum atomic E-state index is 11.5. The largest absolute Gasteiger partial charge is 0.350 e. The Morgan fingerprint density at radius 1 is 1.38 bits per heavy atom. The van der Waals surface area contributed by atoms with Gasteiger partial charge in [-0.05, 0) is 39.7 Å². The minimum atomic E-state index is -0.109. The van der Waals surface area contributed by atoms with Gasteiger partial charge in [-0.1, -0.05) is 6.92 Å². The van der Waals surface area contributed by atoms with Crippen LogP contribution in [0.1, 0.15) is 46.5 Å². The quantitative estimate of drug-likeness (QED) is 0.486. The van der Waals surface area contributed by atoms with Crippen LogP contribution in [0.25, 0.3) is 0 Å². The van der Waals surface area contributed by atoms with Crippen molar-refractivity contribution in [3.63, 3.8) is 0 Å². The van der Waals surface area contributed by atoms with Gasteiger partial charge in [0, 0.05) is 12.0 Å². The lowest BCUT2D eigenvalue weighted by atomic mass is 10.0. The van der Waals surface area contributed by atoms with Crippen LogP contribution in [0.4, 0.5) is 0 Å². The van der Waals surface area contributed by atoms with Crippen LogP contribution in [0.3, 0.4) is 0 Å². The van der Waals surface area contributed by atoms with Crippen molar-refractivity contribution in [1.29, 1.82) is 0 Å². The molecular weight excluding hydrogens is 200 g/mol. The fourth-order valence-corrected chi connectivity index (χ4v) is 1.19. The molecule has 0 aliphatic rings. The van der Waals surface area contributed by atoms with Crippen molar-refractivity contribution in [2.24, 2.45) is 0 Å². The molecule has 0 saturated heterocycles. The number of rotatable bonds is 8. The van der Waals surface area contributed by atoms with E-state index in [9.17, 15) is 4.79 Å². The highest BCUT2D eigenvalue weighted by atomic mass is 16.2. The van der Waals surface area contributed by atoms with Crippen LogP contribution in [-0.2, 0) is 4.79 Å². The molecule has 2 N–H and O–H groups in total. The second-order valence-corrected chi connectivity index (χ2v) is 4.62. The zero-order chi connectivity index (χ0) is 12.4. The summed E-state index contributed by atoms with van der Waals surface area (Å²) in [5.41, 5.74) is -0.109. The summed E-state index contributed by atoms with van der Waals surface area (Å²) < 4.78 is 0. The summed E-state index contributed by atoms with van der Waals surface area (Å²) in [6.07, 6.45) is 8.93. The average Bonchev–Trinajstić information content (AvgIpc) is 2.22.